The zero-order chi connectivity index (χ0) is 17.1. The summed E-state index contributed by atoms with van der Waals surface area (Å²) in [6, 6.07) is 14.2. The van der Waals surface area contributed by atoms with E-state index in [1.54, 1.807) is 0 Å². The molecule has 0 bridgehead atoms. The molecule has 2 aromatic carbocycles. The van der Waals surface area contributed by atoms with Crippen LogP contribution < -0.4 is 4.90 Å². The van der Waals surface area contributed by atoms with Crippen molar-refractivity contribution >= 4 is 17.5 Å². The van der Waals surface area contributed by atoms with Crippen molar-refractivity contribution < 1.29 is 9.59 Å². The van der Waals surface area contributed by atoms with Crippen LogP contribution in [-0.2, 0) is 4.79 Å². The maximum Gasteiger partial charge on any atom is 0.259 e. The standard InChI is InChI=1S/C21H20N2O2/c1-13-8-9-17-16(11-13)18(22-10-4-7-20(22)24)12-19-14-5-2-3-6-15(14)21(25)23(17)19/h2-3,5-6,8-9,11,18-19H,4,7,10,12H2,1H3. The molecule has 3 heterocycles. The lowest BCUT2D eigenvalue weighted by Gasteiger charge is -2.41. The molecular weight excluding hydrogens is 312 g/mol. The van der Waals surface area contributed by atoms with Gasteiger partial charge in [-0.25, -0.2) is 0 Å². The molecule has 0 aliphatic carbocycles. The fourth-order valence-electron chi connectivity index (χ4n) is 4.69. The summed E-state index contributed by atoms with van der Waals surface area (Å²) < 4.78 is 0. The Hall–Kier alpha value is -2.62. The van der Waals surface area contributed by atoms with Crippen LogP contribution in [0, 0.1) is 6.92 Å². The Morgan fingerprint density at radius 3 is 2.64 bits per heavy atom. The van der Waals surface area contributed by atoms with E-state index in [0.717, 1.165) is 47.3 Å². The van der Waals surface area contributed by atoms with Gasteiger partial charge < -0.3 is 9.80 Å². The molecule has 2 unspecified atom stereocenters. The summed E-state index contributed by atoms with van der Waals surface area (Å²) in [6.07, 6.45) is 2.35. The van der Waals surface area contributed by atoms with E-state index in [1.165, 1.54) is 0 Å². The van der Waals surface area contributed by atoms with Gasteiger partial charge in [-0.05, 0) is 43.0 Å². The Morgan fingerprint density at radius 2 is 1.84 bits per heavy atom. The Kier molecular flexibility index (Phi) is 3.05. The molecule has 25 heavy (non-hydrogen) atoms. The average Bonchev–Trinajstić information content (AvgIpc) is 3.16. The van der Waals surface area contributed by atoms with Crippen molar-refractivity contribution in [1.82, 2.24) is 4.90 Å². The molecule has 0 N–H and O–H groups in total. The number of hydrogen-bond acceptors (Lipinski definition) is 2. The van der Waals surface area contributed by atoms with E-state index in [4.69, 9.17) is 0 Å². The second-order valence-corrected chi connectivity index (χ2v) is 7.28. The van der Waals surface area contributed by atoms with Crippen molar-refractivity contribution in [1.29, 1.82) is 0 Å². The van der Waals surface area contributed by atoms with Crippen LogP contribution in [0.25, 0.3) is 0 Å². The van der Waals surface area contributed by atoms with Gasteiger partial charge in [0.05, 0.1) is 12.1 Å². The van der Waals surface area contributed by atoms with Gasteiger partial charge in [-0.1, -0.05) is 35.9 Å². The van der Waals surface area contributed by atoms with Crippen molar-refractivity contribution in [2.75, 3.05) is 11.4 Å². The molecule has 5 rings (SSSR count). The second-order valence-electron chi connectivity index (χ2n) is 7.28. The molecular formula is C21H20N2O2. The fraction of sp³-hybridized carbons (Fsp3) is 0.333. The number of carbonyl (C=O) groups excluding carboxylic acids is 2. The number of rotatable bonds is 1. The molecule has 2 aromatic rings. The zero-order valence-electron chi connectivity index (χ0n) is 14.2. The summed E-state index contributed by atoms with van der Waals surface area (Å²) in [4.78, 5) is 29.4. The van der Waals surface area contributed by atoms with Crippen molar-refractivity contribution in [3.8, 4) is 0 Å². The molecule has 3 aliphatic heterocycles. The lowest BCUT2D eigenvalue weighted by atomic mass is 9.87. The number of aryl methyl sites for hydroxylation is 1. The number of nitrogens with zero attached hydrogens (tertiary/aromatic N) is 2. The smallest absolute Gasteiger partial charge is 0.259 e. The van der Waals surface area contributed by atoms with Gasteiger partial charge in [-0.2, -0.15) is 0 Å². The highest BCUT2D eigenvalue weighted by Gasteiger charge is 2.46. The molecule has 0 aromatic heterocycles. The van der Waals surface area contributed by atoms with Crippen molar-refractivity contribution in [3.63, 3.8) is 0 Å². The third-order valence-electron chi connectivity index (χ3n) is 5.81. The monoisotopic (exact) mass is 332 g/mol. The number of amides is 2. The van der Waals surface area contributed by atoms with E-state index < -0.39 is 0 Å². The van der Waals surface area contributed by atoms with E-state index in [2.05, 4.69) is 25.1 Å². The van der Waals surface area contributed by atoms with Gasteiger partial charge >= 0.3 is 0 Å². The van der Waals surface area contributed by atoms with E-state index in [-0.39, 0.29) is 23.9 Å². The quantitative estimate of drug-likeness (QED) is 0.798. The van der Waals surface area contributed by atoms with E-state index in [0.29, 0.717) is 6.42 Å². The predicted molar refractivity (Wildman–Crippen MR) is 95.5 cm³/mol. The first-order valence-corrected chi connectivity index (χ1v) is 8.97. The minimum atomic E-state index is 0.0253. The van der Waals surface area contributed by atoms with Crippen LogP contribution in [-0.4, -0.2) is 23.3 Å². The minimum absolute atomic E-state index is 0.0253. The third-order valence-corrected chi connectivity index (χ3v) is 5.81. The molecule has 2 atom stereocenters. The molecule has 4 nitrogen and oxygen atoms in total. The molecule has 3 aliphatic rings. The van der Waals surface area contributed by atoms with Crippen LogP contribution in [0.1, 0.15) is 58.4 Å². The van der Waals surface area contributed by atoms with Gasteiger partial charge in [0.25, 0.3) is 5.91 Å². The van der Waals surface area contributed by atoms with Gasteiger partial charge in [0.15, 0.2) is 0 Å². The summed E-state index contributed by atoms with van der Waals surface area (Å²) in [5.74, 6) is 0.320. The lowest BCUT2D eigenvalue weighted by Crippen LogP contribution is -2.40. The number of fused-ring (bicyclic) bond motifs is 5. The summed E-state index contributed by atoms with van der Waals surface area (Å²) in [5.41, 5.74) is 5.14. The van der Waals surface area contributed by atoms with Crippen LogP contribution in [0.15, 0.2) is 42.5 Å². The largest absolute Gasteiger partial charge is 0.335 e. The highest BCUT2D eigenvalue weighted by molar-refractivity contribution is 6.11. The van der Waals surface area contributed by atoms with E-state index >= 15 is 0 Å². The minimum Gasteiger partial charge on any atom is -0.335 e. The first-order valence-electron chi connectivity index (χ1n) is 8.97. The van der Waals surface area contributed by atoms with Crippen molar-refractivity contribution in [2.45, 2.75) is 38.3 Å². The topological polar surface area (TPSA) is 40.6 Å². The summed E-state index contributed by atoms with van der Waals surface area (Å²) in [6.45, 7) is 2.88. The summed E-state index contributed by atoms with van der Waals surface area (Å²) in [5, 5.41) is 0. The highest BCUT2D eigenvalue weighted by atomic mass is 16.2. The maximum atomic E-state index is 13.0. The zero-order valence-corrected chi connectivity index (χ0v) is 14.2. The molecule has 1 fully saturated rings. The SMILES string of the molecule is Cc1ccc2c(c1)C(N1CCCC1=O)CC1c3ccccc3C(=O)N21. The maximum absolute atomic E-state index is 13.0. The molecule has 0 saturated carbocycles. The predicted octanol–water partition coefficient (Wildman–Crippen LogP) is 3.76. The van der Waals surface area contributed by atoms with E-state index in [1.807, 2.05) is 34.1 Å². The van der Waals surface area contributed by atoms with Gasteiger partial charge in [-0.15, -0.1) is 0 Å². The number of hydrogen-bond donors (Lipinski definition) is 0. The van der Waals surface area contributed by atoms with Crippen molar-refractivity contribution in [2.24, 2.45) is 0 Å². The molecule has 2 amide bonds. The van der Waals surface area contributed by atoms with E-state index in [9.17, 15) is 9.59 Å². The molecule has 0 radical (unpaired) electrons. The molecule has 0 spiro atoms. The van der Waals surface area contributed by atoms with Crippen LogP contribution in [0.5, 0.6) is 0 Å². The van der Waals surface area contributed by atoms with Gasteiger partial charge in [0.1, 0.15) is 0 Å². The molecule has 126 valence electrons. The van der Waals surface area contributed by atoms with Gasteiger partial charge in [-0.3, -0.25) is 9.59 Å². The Bertz CT molecular complexity index is 905. The number of anilines is 1. The first kappa shape index (κ1) is 14.7. The summed E-state index contributed by atoms with van der Waals surface area (Å²) >= 11 is 0. The normalized spacial score (nSPS) is 24.4. The number of likely N-dealkylation sites (tertiary alicyclic amines) is 1. The van der Waals surface area contributed by atoms with Crippen LogP contribution >= 0.6 is 0 Å². The first-order chi connectivity index (χ1) is 12.1. The second kappa shape index (κ2) is 5.19. The Morgan fingerprint density at radius 1 is 1.00 bits per heavy atom. The average molecular weight is 332 g/mol. The van der Waals surface area contributed by atoms with Gasteiger partial charge in [0.2, 0.25) is 5.91 Å². The van der Waals surface area contributed by atoms with Crippen LogP contribution in [0.3, 0.4) is 0 Å². The fourth-order valence-corrected chi connectivity index (χ4v) is 4.69. The third kappa shape index (κ3) is 2.00. The van der Waals surface area contributed by atoms with Crippen LogP contribution in [0.2, 0.25) is 0 Å². The summed E-state index contributed by atoms with van der Waals surface area (Å²) in [7, 11) is 0. The number of benzene rings is 2. The Balaban J connectivity index is 1.69. The molecule has 4 heteroatoms. The number of carbonyl (C=O) groups is 2. The van der Waals surface area contributed by atoms with Gasteiger partial charge in [0, 0.05) is 24.2 Å². The highest BCUT2D eigenvalue weighted by Crippen LogP contribution is 2.51. The Labute approximate surface area is 147 Å². The lowest BCUT2D eigenvalue weighted by molar-refractivity contribution is -0.130. The van der Waals surface area contributed by atoms with Crippen LogP contribution in [0.4, 0.5) is 5.69 Å². The molecule has 1 saturated heterocycles. The van der Waals surface area contributed by atoms with Crippen molar-refractivity contribution in [3.05, 3.63) is 64.7 Å².